The lowest BCUT2D eigenvalue weighted by Gasteiger charge is -2.33. The van der Waals surface area contributed by atoms with Gasteiger partial charge in [0.25, 0.3) is 0 Å². The number of rotatable bonds is 5. The van der Waals surface area contributed by atoms with Gasteiger partial charge < -0.3 is 9.64 Å². The van der Waals surface area contributed by atoms with Crippen LogP contribution in [0.3, 0.4) is 0 Å². The number of aromatic nitrogens is 3. The van der Waals surface area contributed by atoms with Crippen molar-refractivity contribution < 1.29 is 9.53 Å². The Kier molecular flexibility index (Phi) is 6.31. The Morgan fingerprint density at radius 1 is 1.12 bits per heavy atom. The molecule has 4 rings (SSSR count). The Morgan fingerprint density at radius 3 is 2.36 bits per heavy atom. The molecule has 1 saturated carbocycles. The number of amides is 1. The molecule has 0 spiro atoms. The first-order chi connectivity index (χ1) is 15.4. The van der Waals surface area contributed by atoms with E-state index in [9.17, 15) is 4.79 Å². The molecule has 2 aromatic rings. The van der Waals surface area contributed by atoms with E-state index in [0.29, 0.717) is 19.0 Å². The Bertz CT molecular complexity index is 988. The standard InChI is InChI=1S/C26H38N4O2S/c1-8-25(5,6)32-23(31)30-13-9-17(10-14-30)21-27-19(16-33-21)18-15-20(24(2,3)4)29-22(28-18)26(7)11-12-26/h15-17H,8-14H2,1-7H3. The zero-order valence-corrected chi connectivity index (χ0v) is 22.0. The van der Waals surface area contributed by atoms with Crippen LogP contribution in [0.1, 0.15) is 103 Å². The van der Waals surface area contributed by atoms with Crippen LogP contribution < -0.4 is 0 Å². The second-order valence-electron chi connectivity index (χ2n) is 11.6. The molecule has 0 bridgehead atoms. The molecule has 2 fully saturated rings. The van der Waals surface area contributed by atoms with Gasteiger partial charge >= 0.3 is 6.09 Å². The van der Waals surface area contributed by atoms with Crippen LogP contribution in [-0.4, -0.2) is 44.6 Å². The minimum Gasteiger partial charge on any atom is -0.443 e. The number of nitrogens with zero attached hydrogens (tertiary/aromatic N) is 4. The maximum absolute atomic E-state index is 12.5. The van der Waals surface area contributed by atoms with Crippen LogP contribution in [-0.2, 0) is 15.6 Å². The van der Waals surface area contributed by atoms with E-state index in [-0.39, 0.29) is 16.9 Å². The summed E-state index contributed by atoms with van der Waals surface area (Å²) in [5.41, 5.74) is 2.61. The van der Waals surface area contributed by atoms with Crippen molar-refractivity contribution in [1.29, 1.82) is 0 Å². The third-order valence-electron chi connectivity index (χ3n) is 7.14. The van der Waals surface area contributed by atoms with Gasteiger partial charge in [-0.1, -0.05) is 34.6 Å². The van der Waals surface area contributed by atoms with Crippen LogP contribution in [0.2, 0.25) is 0 Å². The largest absolute Gasteiger partial charge is 0.443 e. The Balaban J connectivity index is 1.48. The van der Waals surface area contributed by atoms with Crippen LogP contribution >= 0.6 is 11.3 Å². The molecule has 3 heterocycles. The van der Waals surface area contributed by atoms with Gasteiger partial charge in [-0.2, -0.15) is 0 Å². The van der Waals surface area contributed by atoms with E-state index < -0.39 is 5.60 Å². The second-order valence-corrected chi connectivity index (χ2v) is 12.5. The fraction of sp³-hybridized carbons (Fsp3) is 0.692. The van der Waals surface area contributed by atoms with Crippen molar-refractivity contribution in [2.45, 2.75) is 103 Å². The molecule has 180 valence electrons. The number of likely N-dealkylation sites (tertiary alicyclic amines) is 1. The average molecular weight is 471 g/mol. The number of hydrogen-bond donors (Lipinski definition) is 0. The lowest BCUT2D eigenvalue weighted by atomic mass is 9.91. The summed E-state index contributed by atoms with van der Waals surface area (Å²) < 4.78 is 5.67. The molecule has 2 aliphatic rings. The van der Waals surface area contributed by atoms with Gasteiger partial charge in [-0.05, 0) is 52.0 Å². The van der Waals surface area contributed by atoms with E-state index in [1.165, 1.54) is 0 Å². The minimum atomic E-state index is -0.419. The first-order valence-electron chi connectivity index (χ1n) is 12.2. The average Bonchev–Trinajstić information content (AvgIpc) is 3.33. The Hall–Kier alpha value is -2.02. The van der Waals surface area contributed by atoms with Crippen LogP contribution in [0.15, 0.2) is 11.4 Å². The van der Waals surface area contributed by atoms with Gasteiger partial charge in [0.05, 0.1) is 22.1 Å². The molecule has 1 aliphatic heterocycles. The predicted octanol–water partition coefficient (Wildman–Crippen LogP) is 6.45. The van der Waals surface area contributed by atoms with Gasteiger partial charge in [0.2, 0.25) is 0 Å². The van der Waals surface area contributed by atoms with Gasteiger partial charge in [-0.15, -0.1) is 11.3 Å². The summed E-state index contributed by atoms with van der Waals surface area (Å²) in [6.07, 6.45) is 4.73. The lowest BCUT2D eigenvalue weighted by Crippen LogP contribution is -2.42. The number of piperidine rings is 1. The Labute approximate surface area is 202 Å². The van der Waals surface area contributed by atoms with Crippen molar-refractivity contribution in [3.05, 3.63) is 28.0 Å². The first-order valence-corrected chi connectivity index (χ1v) is 13.1. The third kappa shape index (κ3) is 5.39. The van der Waals surface area contributed by atoms with Gasteiger partial charge in [0.15, 0.2) is 0 Å². The van der Waals surface area contributed by atoms with Crippen LogP contribution in [0.25, 0.3) is 11.4 Å². The molecule has 33 heavy (non-hydrogen) atoms. The molecule has 0 atom stereocenters. The highest BCUT2D eigenvalue weighted by atomic mass is 32.1. The summed E-state index contributed by atoms with van der Waals surface area (Å²) >= 11 is 1.71. The highest BCUT2D eigenvalue weighted by molar-refractivity contribution is 7.10. The number of carbonyl (C=O) groups excluding carboxylic acids is 1. The molecule has 0 unspecified atom stereocenters. The number of ether oxygens (including phenoxy) is 1. The van der Waals surface area contributed by atoms with Crippen molar-refractivity contribution in [2.75, 3.05) is 13.1 Å². The molecular weight excluding hydrogens is 432 g/mol. The first kappa shape index (κ1) is 24.1. The molecule has 1 saturated heterocycles. The van der Waals surface area contributed by atoms with E-state index in [2.05, 4.69) is 39.1 Å². The normalized spacial score (nSPS) is 18.9. The summed E-state index contributed by atoms with van der Waals surface area (Å²) in [6, 6.07) is 2.11. The van der Waals surface area contributed by atoms with Crippen molar-refractivity contribution in [1.82, 2.24) is 19.9 Å². The molecule has 0 N–H and O–H groups in total. The zero-order valence-electron chi connectivity index (χ0n) is 21.2. The van der Waals surface area contributed by atoms with Crippen LogP contribution in [0, 0.1) is 0 Å². The molecule has 1 amide bonds. The topological polar surface area (TPSA) is 68.2 Å². The molecule has 2 aromatic heterocycles. The van der Waals surface area contributed by atoms with Crippen molar-refractivity contribution in [3.8, 4) is 11.4 Å². The molecule has 0 radical (unpaired) electrons. The fourth-order valence-electron chi connectivity index (χ4n) is 3.92. The number of carbonyl (C=O) groups is 1. The van der Waals surface area contributed by atoms with Gasteiger partial charge in [0, 0.05) is 35.2 Å². The van der Waals surface area contributed by atoms with Gasteiger partial charge in [0.1, 0.15) is 11.4 Å². The maximum Gasteiger partial charge on any atom is 0.410 e. The molecule has 0 aromatic carbocycles. The second kappa shape index (κ2) is 8.64. The van der Waals surface area contributed by atoms with Crippen molar-refractivity contribution >= 4 is 17.4 Å². The van der Waals surface area contributed by atoms with Crippen molar-refractivity contribution in [3.63, 3.8) is 0 Å². The summed E-state index contributed by atoms with van der Waals surface area (Å²) in [4.78, 5) is 29.2. The lowest BCUT2D eigenvalue weighted by molar-refractivity contribution is 0.00750. The quantitative estimate of drug-likeness (QED) is 0.502. The van der Waals surface area contributed by atoms with Crippen molar-refractivity contribution in [2.24, 2.45) is 0 Å². The van der Waals surface area contributed by atoms with Gasteiger partial charge in [-0.3, -0.25) is 0 Å². The number of thiazole rings is 1. The molecule has 6 nitrogen and oxygen atoms in total. The van der Waals surface area contributed by atoms with E-state index in [1.54, 1.807) is 11.3 Å². The summed E-state index contributed by atoms with van der Waals surface area (Å²) in [5, 5.41) is 3.27. The van der Waals surface area contributed by atoms with Crippen LogP contribution in [0.4, 0.5) is 4.79 Å². The summed E-state index contributed by atoms with van der Waals surface area (Å²) in [6.45, 7) is 16.2. The van der Waals surface area contributed by atoms with E-state index in [4.69, 9.17) is 19.7 Å². The molecule has 1 aliphatic carbocycles. The predicted molar refractivity (Wildman–Crippen MR) is 133 cm³/mol. The zero-order chi connectivity index (χ0) is 24.0. The van der Waals surface area contributed by atoms with Gasteiger partial charge in [-0.25, -0.2) is 19.7 Å². The minimum absolute atomic E-state index is 0.0374. The van der Waals surface area contributed by atoms with Crippen LogP contribution in [0.5, 0.6) is 0 Å². The highest BCUT2D eigenvalue weighted by Crippen LogP contribution is 2.47. The summed E-state index contributed by atoms with van der Waals surface area (Å²) in [5.74, 6) is 1.33. The van der Waals surface area contributed by atoms with E-state index >= 15 is 0 Å². The Morgan fingerprint density at radius 2 is 1.79 bits per heavy atom. The smallest absolute Gasteiger partial charge is 0.410 e. The third-order valence-corrected chi connectivity index (χ3v) is 8.14. The fourth-order valence-corrected chi connectivity index (χ4v) is 4.90. The SMILES string of the molecule is CCC(C)(C)OC(=O)N1CCC(c2nc(-c3cc(C(C)(C)C)nc(C4(C)CC4)n3)cs2)CC1. The monoisotopic (exact) mass is 470 g/mol. The van der Waals surface area contributed by atoms with E-state index in [1.807, 2.05) is 25.7 Å². The van der Waals surface area contributed by atoms with E-state index in [0.717, 1.165) is 60.0 Å². The number of hydrogen-bond acceptors (Lipinski definition) is 6. The maximum atomic E-state index is 12.5. The highest BCUT2D eigenvalue weighted by Gasteiger charge is 2.43. The molecular formula is C26H38N4O2S. The molecule has 7 heteroatoms. The summed E-state index contributed by atoms with van der Waals surface area (Å²) in [7, 11) is 0.